The van der Waals surface area contributed by atoms with Gasteiger partial charge in [-0.3, -0.25) is 9.59 Å². The van der Waals surface area contributed by atoms with Gasteiger partial charge in [0, 0.05) is 25.4 Å². The predicted molar refractivity (Wildman–Crippen MR) is 128 cm³/mol. The van der Waals surface area contributed by atoms with Crippen LogP contribution in [0.25, 0.3) is 0 Å². The molecule has 0 aromatic carbocycles. The van der Waals surface area contributed by atoms with Crippen LogP contribution in [-0.4, -0.2) is 46.6 Å². The van der Waals surface area contributed by atoms with Gasteiger partial charge in [0.25, 0.3) is 0 Å². The van der Waals surface area contributed by atoms with E-state index in [0.717, 1.165) is 5.56 Å². The highest BCUT2D eigenvalue weighted by molar-refractivity contribution is 7.08. The number of amides is 1. The van der Waals surface area contributed by atoms with Crippen molar-refractivity contribution in [1.82, 2.24) is 9.88 Å². The third-order valence-corrected chi connectivity index (χ3v) is 6.03. The van der Waals surface area contributed by atoms with Crippen molar-refractivity contribution < 1.29 is 23.8 Å². The number of rotatable bonds is 9. The van der Waals surface area contributed by atoms with E-state index in [1.165, 1.54) is 0 Å². The Balaban J connectivity index is 1.49. The fraction of sp³-hybridized carbons (Fsp3) is 0.600. The molecule has 0 bridgehead atoms. The zero-order valence-electron chi connectivity index (χ0n) is 20.2. The van der Waals surface area contributed by atoms with E-state index in [1.807, 2.05) is 64.5 Å². The predicted octanol–water partition coefficient (Wildman–Crippen LogP) is 4.68. The van der Waals surface area contributed by atoms with Crippen LogP contribution in [0.3, 0.4) is 0 Å². The number of aromatic nitrogens is 1. The maximum absolute atomic E-state index is 12.7. The summed E-state index contributed by atoms with van der Waals surface area (Å²) in [5.41, 5.74) is 0.606. The van der Waals surface area contributed by atoms with Gasteiger partial charge >= 0.3 is 5.97 Å². The van der Waals surface area contributed by atoms with Crippen LogP contribution in [0.5, 0.6) is 0 Å². The number of carbonyl (C=O) groups excluding carboxylic acids is 2. The molecule has 33 heavy (non-hydrogen) atoms. The lowest BCUT2D eigenvalue weighted by atomic mass is 10.0. The first-order chi connectivity index (χ1) is 15.5. The lowest BCUT2D eigenvalue weighted by Crippen LogP contribution is -2.46. The minimum Gasteiger partial charge on any atom is -0.460 e. The summed E-state index contributed by atoms with van der Waals surface area (Å²) in [6, 6.07) is 5.97. The van der Waals surface area contributed by atoms with Crippen LogP contribution in [0.1, 0.15) is 71.9 Å². The Morgan fingerprint density at radius 2 is 1.94 bits per heavy atom. The van der Waals surface area contributed by atoms with Gasteiger partial charge < -0.3 is 24.1 Å². The zero-order valence-corrected chi connectivity index (χ0v) is 21.0. The van der Waals surface area contributed by atoms with E-state index in [1.54, 1.807) is 11.3 Å². The summed E-state index contributed by atoms with van der Waals surface area (Å²) in [5, 5.41) is 7.15. The molecule has 1 fully saturated rings. The second kappa shape index (κ2) is 10.8. The summed E-state index contributed by atoms with van der Waals surface area (Å²) in [6.45, 7) is 9.75. The van der Waals surface area contributed by atoms with Crippen LogP contribution < -0.4 is 5.32 Å². The summed E-state index contributed by atoms with van der Waals surface area (Å²) in [6.07, 6.45) is 5.37. The molecule has 0 radical (unpaired) electrons. The smallest absolute Gasteiger partial charge is 0.308 e. The number of nitrogens with one attached hydrogen (secondary N) is 1. The normalized spacial score (nSPS) is 21.4. The number of thiophene rings is 1. The maximum atomic E-state index is 12.7. The molecule has 0 saturated carbocycles. The minimum atomic E-state index is -0.794. The lowest BCUT2D eigenvalue weighted by molar-refractivity contribution is -0.300. The number of esters is 1. The van der Waals surface area contributed by atoms with Crippen LogP contribution in [0.15, 0.2) is 41.4 Å². The van der Waals surface area contributed by atoms with Gasteiger partial charge in [0.15, 0.2) is 5.79 Å². The largest absolute Gasteiger partial charge is 0.460 e. The van der Waals surface area contributed by atoms with Gasteiger partial charge in [0.1, 0.15) is 5.60 Å². The molecule has 8 heteroatoms. The lowest BCUT2D eigenvalue weighted by Gasteiger charge is -2.40. The molecule has 2 aromatic heterocycles. The number of hydrogen-bond acceptors (Lipinski definition) is 6. The molecule has 2 aromatic rings. The molecule has 182 valence electrons. The van der Waals surface area contributed by atoms with E-state index in [4.69, 9.17) is 14.2 Å². The first kappa shape index (κ1) is 25.5. The van der Waals surface area contributed by atoms with Crippen molar-refractivity contribution in [1.29, 1.82) is 0 Å². The van der Waals surface area contributed by atoms with Crippen LogP contribution >= 0.6 is 11.3 Å². The Morgan fingerprint density at radius 1 is 1.24 bits per heavy atom. The van der Waals surface area contributed by atoms with Crippen LogP contribution in [0.4, 0.5) is 0 Å². The van der Waals surface area contributed by atoms with Crippen molar-refractivity contribution >= 4 is 23.2 Å². The quantitative estimate of drug-likeness (QED) is 0.532. The van der Waals surface area contributed by atoms with E-state index in [9.17, 15) is 9.59 Å². The van der Waals surface area contributed by atoms with E-state index >= 15 is 0 Å². The fourth-order valence-electron chi connectivity index (χ4n) is 4.13. The third-order valence-electron chi connectivity index (χ3n) is 5.32. The van der Waals surface area contributed by atoms with Gasteiger partial charge in [0.05, 0.1) is 31.1 Å². The molecule has 1 saturated heterocycles. The van der Waals surface area contributed by atoms with Crippen LogP contribution in [-0.2, 0) is 23.8 Å². The molecular formula is C25H36N2O5S. The summed E-state index contributed by atoms with van der Waals surface area (Å²) in [5.74, 6) is -1.07. The highest BCUT2D eigenvalue weighted by atomic mass is 32.1. The maximum Gasteiger partial charge on any atom is 0.308 e. The summed E-state index contributed by atoms with van der Waals surface area (Å²) in [4.78, 5) is 25.0. The Labute approximate surface area is 200 Å². The molecule has 3 heterocycles. The topological polar surface area (TPSA) is 78.8 Å². The summed E-state index contributed by atoms with van der Waals surface area (Å²) < 4.78 is 19.5. The van der Waals surface area contributed by atoms with Crippen molar-refractivity contribution in [3.63, 3.8) is 0 Å². The van der Waals surface area contributed by atoms with E-state index in [2.05, 4.69) is 21.3 Å². The molecule has 1 aliphatic heterocycles. The SMILES string of the molecule is CC(C)(C)OC(=O)C[C@H]1C[C@@H](CCNC(=O)CC(c2ccsc2)n2cccc2)OC(C)(C)O1. The van der Waals surface area contributed by atoms with E-state index in [-0.39, 0.29) is 36.5 Å². The number of nitrogens with zero attached hydrogens (tertiary/aromatic N) is 1. The second-order valence-corrected chi connectivity index (χ2v) is 10.7. The summed E-state index contributed by atoms with van der Waals surface area (Å²) >= 11 is 1.63. The zero-order chi connectivity index (χ0) is 24.1. The fourth-order valence-corrected chi connectivity index (χ4v) is 4.83. The molecule has 3 atom stereocenters. The highest BCUT2D eigenvalue weighted by Gasteiger charge is 2.37. The molecule has 1 amide bonds. The molecule has 0 aliphatic carbocycles. The molecule has 0 spiro atoms. The molecular weight excluding hydrogens is 440 g/mol. The van der Waals surface area contributed by atoms with Crippen molar-refractivity contribution in [3.8, 4) is 0 Å². The Morgan fingerprint density at radius 3 is 2.58 bits per heavy atom. The summed E-state index contributed by atoms with van der Waals surface area (Å²) in [7, 11) is 0. The van der Waals surface area contributed by atoms with Gasteiger partial charge in [-0.2, -0.15) is 11.3 Å². The molecule has 1 unspecified atom stereocenters. The average molecular weight is 477 g/mol. The van der Waals surface area contributed by atoms with E-state index < -0.39 is 11.4 Å². The van der Waals surface area contributed by atoms with Crippen molar-refractivity contribution in [3.05, 3.63) is 46.9 Å². The van der Waals surface area contributed by atoms with Crippen molar-refractivity contribution in [2.45, 2.75) is 89.9 Å². The molecule has 3 rings (SSSR count). The van der Waals surface area contributed by atoms with Gasteiger partial charge in [0.2, 0.25) is 5.91 Å². The third kappa shape index (κ3) is 8.28. The van der Waals surface area contributed by atoms with E-state index in [0.29, 0.717) is 25.8 Å². The minimum absolute atomic E-state index is 0.00322. The molecule has 1 N–H and O–H groups in total. The molecule has 7 nitrogen and oxygen atoms in total. The Hall–Kier alpha value is -2.16. The Kier molecular flexibility index (Phi) is 8.37. The van der Waals surface area contributed by atoms with Crippen molar-refractivity contribution in [2.75, 3.05) is 6.54 Å². The van der Waals surface area contributed by atoms with Gasteiger partial charge in [-0.05, 0) is 75.6 Å². The van der Waals surface area contributed by atoms with Gasteiger partial charge in [-0.1, -0.05) is 0 Å². The standard InChI is InChI=1S/C25H36N2O5S/c1-24(2,3)32-23(29)15-20-14-19(30-25(4,5)31-20)8-10-26-22(28)16-21(18-9-13-33-17-18)27-11-6-7-12-27/h6-7,9,11-13,17,19-21H,8,10,14-16H2,1-5H3,(H,26,28)/t19-,20-,21?/m1/s1. The highest BCUT2D eigenvalue weighted by Crippen LogP contribution is 2.30. The first-order valence-electron chi connectivity index (χ1n) is 11.5. The van der Waals surface area contributed by atoms with Crippen LogP contribution in [0, 0.1) is 0 Å². The van der Waals surface area contributed by atoms with Crippen molar-refractivity contribution in [2.24, 2.45) is 0 Å². The second-order valence-electron chi connectivity index (χ2n) is 9.95. The van der Waals surface area contributed by atoms with Crippen LogP contribution in [0.2, 0.25) is 0 Å². The number of hydrogen-bond donors (Lipinski definition) is 1. The molecule has 1 aliphatic rings. The Bertz CT molecular complexity index is 852. The monoisotopic (exact) mass is 476 g/mol. The number of ether oxygens (including phenoxy) is 3. The first-order valence-corrected chi connectivity index (χ1v) is 12.4. The average Bonchev–Trinajstić information content (AvgIpc) is 3.37. The van der Waals surface area contributed by atoms with Gasteiger partial charge in [-0.25, -0.2) is 0 Å². The van der Waals surface area contributed by atoms with Gasteiger partial charge in [-0.15, -0.1) is 0 Å². The number of carbonyl (C=O) groups is 2.